The zero-order chi connectivity index (χ0) is 21.4. The molecule has 0 bridgehead atoms. The van der Waals surface area contributed by atoms with Crippen molar-refractivity contribution in [3.05, 3.63) is 35.1 Å². The highest BCUT2D eigenvalue weighted by molar-refractivity contribution is 5.89. The number of hydrogen-bond donors (Lipinski definition) is 1. The molecule has 1 aromatic carbocycles. The van der Waals surface area contributed by atoms with Crippen LogP contribution in [0.2, 0.25) is 0 Å². The first kappa shape index (κ1) is 22.1. The molecule has 1 unspecified atom stereocenters. The Morgan fingerprint density at radius 1 is 1.21 bits per heavy atom. The molecule has 1 N–H and O–H groups in total. The smallest absolute Gasteiger partial charge is 0.412 e. The maximum absolute atomic E-state index is 14.4. The Labute approximate surface area is 166 Å². The van der Waals surface area contributed by atoms with E-state index >= 15 is 0 Å². The zero-order valence-corrected chi connectivity index (χ0v) is 17.7. The predicted molar refractivity (Wildman–Crippen MR) is 104 cm³/mol. The molecule has 2 amide bonds. The van der Waals surface area contributed by atoms with Crippen molar-refractivity contribution in [3.8, 4) is 0 Å². The summed E-state index contributed by atoms with van der Waals surface area (Å²) in [7, 11) is 1.65. The molecule has 0 radical (unpaired) electrons. The van der Waals surface area contributed by atoms with Crippen molar-refractivity contribution >= 4 is 12.0 Å². The molecule has 1 aliphatic rings. The van der Waals surface area contributed by atoms with Crippen LogP contribution in [0.25, 0.3) is 0 Å². The Kier molecular flexibility index (Phi) is 6.09. The molecule has 156 valence electrons. The number of aliphatic hydroxyl groups excluding tert-OH is 1. The van der Waals surface area contributed by atoms with Crippen LogP contribution in [0, 0.1) is 11.2 Å². The van der Waals surface area contributed by atoms with E-state index < -0.39 is 35.1 Å². The van der Waals surface area contributed by atoms with Crippen LogP contribution in [0.1, 0.15) is 52.7 Å². The summed E-state index contributed by atoms with van der Waals surface area (Å²) >= 11 is 0. The van der Waals surface area contributed by atoms with Crippen molar-refractivity contribution in [2.45, 2.75) is 72.4 Å². The van der Waals surface area contributed by atoms with Crippen molar-refractivity contribution in [1.82, 2.24) is 9.80 Å². The molecule has 1 saturated heterocycles. The Morgan fingerprint density at radius 3 is 2.32 bits per heavy atom. The minimum Gasteiger partial charge on any atom is -0.444 e. The summed E-state index contributed by atoms with van der Waals surface area (Å²) in [5, 5.41) is 9.34. The summed E-state index contributed by atoms with van der Waals surface area (Å²) in [6.45, 7) is 10.9. The summed E-state index contributed by atoms with van der Waals surface area (Å²) in [5.74, 6) is -0.740. The molecule has 1 aromatic rings. The van der Waals surface area contributed by atoms with Gasteiger partial charge in [0.25, 0.3) is 0 Å². The van der Waals surface area contributed by atoms with Gasteiger partial charge in [0.05, 0.1) is 6.61 Å². The fourth-order valence-corrected chi connectivity index (χ4v) is 3.65. The third-order valence-electron chi connectivity index (χ3n) is 4.68. The molecule has 2 atom stereocenters. The molecule has 6 nitrogen and oxygen atoms in total. The number of nitrogens with zero attached hydrogens (tertiary/aromatic N) is 2. The average molecular weight is 394 g/mol. The van der Waals surface area contributed by atoms with Crippen molar-refractivity contribution in [3.63, 3.8) is 0 Å². The number of carbonyl (C=O) groups is 2. The van der Waals surface area contributed by atoms with Gasteiger partial charge >= 0.3 is 6.09 Å². The van der Waals surface area contributed by atoms with Crippen LogP contribution in [-0.4, -0.2) is 51.8 Å². The number of ether oxygens (including phenoxy) is 1. The predicted octanol–water partition coefficient (Wildman–Crippen LogP) is 3.31. The van der Waals surface area contributed by atoms with Crippen LogP contribution < -0.4 is 0 Å². The van der Waals surface area contributed by atoms with Gasteiger partial charge in [-0.2, -0.15) is 0 Å². The SMILES string of the molecule is CN1C(=O)C(Cc2cc(CO)ccc2F)N(C(=O)OC(C)(C)C)[C@H]1C(C)(C)C. The zero-order valence-electron chi connectivity index (χ0n) is 17.7. The number of benzene rings is 1. The van der Waals surface area contributed by atoms with E-state index in [1.54, 1.807) is 27.8 Å². The molecule has 0 spiro atoms. The van der Waals surface area contributed by atoms with E-state index in [0.29, 0.717) is 5.56 Å². The van der Waals surface area contributed by atoms with E-state index in [1.807, 2.05) is 20.8 Å². The summed E-state index contributed by atoms with van der Waals surface area (Å²) in [6.07, 6.45) is -1.12. The summed E-state index contributed by atoms with van der Waals surface area (Å²) in [4.78, 5) is 29.0. The first-order valence-corrected chi connectivity index (χ1v) is 9.42. The van der Waals surface area contributed by atoms with Crippen LogP contribution in [0.3, 0.4) is 0 Å². The Morgan fingerprint density at radius 2 is 1.82 bits per heavy atom. The molecular formula is C21H31FN2O4. The van der Waals surface area contributed by atoms with Gasteiger partial charge in [-0.25, -0.2) is 9.18 Å². The lowest BCUT2D eigenvalue weighted by Gasteiger charge is -2.39. The summed E-state index contributed by atoms with van der Waals surface area (Å²) < 4.78 is 19.9. The van der Waals surface area contributed by atoms with E-state index in [-0.39, 0.29) is 24.5 Å². The quantitative estimate of drug-likeness (QED) is 0.854. The second-order valence-electron chi connectivity index (χ2n) is 9.38. The number of hydrogen-bond acceptors (Lipinski definition) is 4. The fraction of sp³-hybridized carbons (Fsp3) is 0.619. The van der Waals surface area contributed by atoms with E-state index in [0.717, 1.165) is 0 Å². The van der Waals surface area contributed by atoms with Crippen LogP contribution >= 0.6 is 0 Å². The second-order valence-corrected chi connectivity index (χ2v) is 9.38. The van der Waals surface area contributed by atoms with Crippen LogP contribution in [0.15, 0.2) is 18.2 Å². The lowest BCUT2D eigenvalue weighted by molar-refractivity contribution is -0.129. The molecule has 0 saturated carbocycles. The van der Waals surface area contributed by atoms with Gasteiger partial charge in [0.15, 0.2) is 0 Å². The highest BCUT2D eigenvalue weighted by Crippen LogP contribution is 2.36. The minimum atomic E-state index is -0.882. The van der Waals surface area contributed by atoms with Crippen molar-refractivity contribution in [2.75, 3.05) is 7.05 Å². The van der Waals surface area contributed by atoms with E-state index in [2.05, 4.69) is 0 Å². The van der Waals surface area contributed by atoms with Crippen molar-refractivity contribution < 1.29 is 23.8 Å². The van der Waals surface area contributed by atoms with Gasteiger partial charge in [-0.15, -0.1) is 0 Å². The van der Waals surface area contributed by atoms with Crippen LogP contribution in [0.4, 0.5) is 9.18 Å². The monoisotopic (exact) mass is 394 g/mol. The second kappa shape index (κ2) is 7.70. The maximum Gasteiger partial charge on any atom is 0.412 e. The standard InChI is InChI=1S/C21H31FN2O4/c1-20(2,3)18-23(7)17(26)16(24(18)19(27)28-21(4,5)6)11-14-10-13(12-25)8-9-15(14)22/h8-10,16,18,25H,11-12H2,1-7H3/t16?,18-/m0/s1. The molecule has 7 heteroatoms. The van der Waals surface area contributed by atoms with Gasteiger partial charge < -0.3 is 14.7 Å². The van der Waals surface area contributed by atoms with Gasteiger partial charge in [0.1, 0.15) is 23.6 Å². The number of aliphatic hydroxyl groups is 1. The highest BCUT2D eigenvalue weighted by atomic mass is 19.1. The number of amides is 2. The van der Waals surface area contributed by atoms with E-state index in [9.17, 15) is 19.1 Å². The molecule has 1 heterocycles. The van der Waals surface area contributed by atoms with Crippen molar-refractivity contribution in [1.29, 1.82) is 0 Å². The van der Waals surface area contributed by atoms with Crippen LogP contribution in [0.5, 0.6) is 0 Å². The van der Waals surface area contributed by atoms with Crippen molar-refractivity contribution in [2.24, 2.45) is 5.41 Å². The van der Waals surface area contributed by atoms with E-state index in [1.165, 1.54) is 28.0 Å². The summed E-state index contributed by atoms with van der Waals surface area (Å²) in [6, 6.07) is 3.40. The molecular weight excluding hydrogens is 363 g/mol. The lowest BCUT2D eigenvalue weighted by atomic mass is 9.91. The number of carbonyl (C=O) groups excluding carboxylic acids is 2. The Balaban J connectivity index is 2.47. The number of likely N-dealkylation sites (N-methyl/N-ethyl adjacent to an activating group) is 1. The highest BCUT2D eigenvalue weighted by Gasteiger charge is 2.52. The minimum absolute atomic E-state index is 0.00860. The maximum atomic E-state index is 14.4. The van der Waals surface area contributed by atoms with Gasteiger partial charge in [-0.05, 0) is 38.0 Å². The summed E-state index contributed by atoms with van der Waals surface area (Å²) in [5.41, 5.74) is -0.328. The molecule has 0 aliphatic carbocycles. The third-order valence-corrected chi connectivity index (χ3v) is 4.68. The number of rotatable bonds is 3. The molecule has 2 rings (SSSR count). The molecule has 0 aromatic heterocycles. The fourth-order valence-electron chi connectivity index (χ4n) is 3.65. The molecule has 1 aliphatic heterocycles. The van der Waals surface area contributed by atoms with Gasteiger partial charge in [0.2, 0.25) is 5.91 Å². The average Bonchev–Trinajstić information content (AvgIpc) is 2.80. The molecule has 1 fully saturated rings. The number of halogens is 1. The molecule has 28 heavy (non-hydrogen) atoms. The first-order chi connectivity index (χ1) is 12.8. The van der Waals surface area contributed by atoms with Gasteiger partial charge in [0, 0.05) is 18.9 Å². The van der Waals surface area contributed by atoms with E-state index in [4.69, 9.17) is 4.74 Å². The van der Waals surface area contributed by atoms with Crippen LogP contribution in [-0.2, 0) is 22.6 Å². The first-order valence-electron chi connectivity index (χ1n) is 9.42. The normalized spacial score (nSPS) is 20.7. The third kappa shape index (κ3) is 4.63. The largest absolute Gasteiger partial charge is 0.444 e. The van der Waals surface area contributed by atoms with Gasteiger partial charge in [-0.3, -0.25) is 9.69 Å². The lowest BCUT2D eigenvalue weighted by Crippen LogP contribution is -2.52. The van der Waals surface area contributed by atoms with Gasteiger partial charge in [-0.1, -0.05) is 32.9 Å². The Hall–Kier alpha value is -2.15. The Bertz CT molecular complexity index is 752. The topological polar surface area (TPSA) is 70.1 Å².